The number of nitrogens with two attached hydrogens (primary N) is 1. The first kappa shape index (κ1) is 15.5. The Hall–Kier alpha value is -1.90. The predicted octanol–water partition coefficient (Wildman–Crippen LogP) is 1.12. The topological polar surface area (TPSA) is 92.3 Å². The van der Waals surface area contributed by atoms with E-state index in [1.807, 2.05) is 0 Å². The number of aromatic nitrogens is 2. The van der Waals surface area contributed by atoms with Gasteiger partial charge in [0.2, 0.25) is 11.9 Å². The van der Waals surface area contributed by atoms with Crippen LogP contribution in [0.2, 0.25) is 0 Å². The summed E-state index contributed by atoms with van der Waals surface area (Å²) in [6.07, 6.45) is -2.67. The standard InChI is InChI=1S/C12H15F3N4O2/c13-12(14,15)9-5-7(17-11(16)18-9)8-3-1-2-4-19(8)10(21)6-20/h5,8,20H,1-4,6H2,(H2,16,17,18). The first-order valence-electron chi connectivity index (χ1n) is 6.45. The van der Waals surface area contributed by atoms with Crippen LogP contribution in [0.3, 0.4) is 0 Å². The highest BCUT2D eigenvalue weighted by Crippen LogP contribution is 2.34. The Bertz CT molecular complexity index is 536. The zero-order valence-corrected chi connectivity index (χ0v) is 11.1. The van der Waals surface area contributed by atoms with Gasteiger partial charge in [0.25, 0.3) is 0 Å². The number of anilines is 1. The summed E-state index contributed by atoms with van der Waals surface area (Å²) in [6, 6.07) is 0.189. The highest BCUT2D eigenvalue weighted by Gasteiger charge is 2.36. The highest BCUT2D eigenvalue weighted by molar-refractivity contribution is 5.77. The van der Waals surface area contributed by atoms with Gasteiger partial charge in [-0.2, -0.15) is 13.2 Å². The first-order valence-corrected chi connectivity index (χ1v) is 6.45. The van der Waals surface area contributed by atoms with E-state index in [-0.39, 0.29) is 5.69 Å². The number of nitrogens with zero attached hydrogens (tertiary/aromatic N) is 3. The van der Waals surface area contributed by atoms with Crippen LogP contribution in [0.1, 0.15) is 36.7 Å². The van der Waals surface area contributed by atoms with Gasteiger partial charge in [-0.1, -0.05) is 0 Å². The lowest BCUT2D eigenvalue weighted by atomic mass is 9.98. The Morgan fingerprint density at radius 2 is 2.14 bits per heavy atom. The largest absolute Gasteiger partial charge is 0.433 e. The molecule has 116 valence electrons. The molecule has 0 aromatic carbocycles. The molecule has 1 aliphatic rings. The quantitative estimate of drug-likeness (QED) is 0.854. The summed E-state index contributed by atoms with van der Waals surface area (Å²) in [6.45, 7) is -0.321. The lowest BCUT2D eigenvalue weighted by molar-refractivity contribution is -0.141. The molecule has 1 unspecified atom stereocenters. The molecule has 2 rings (SSSR count). The van der Waals surface area contributed by atoms with Crippen molar-refractivity contribution < 1.29 is 23.1 Å². The molecule has 0 bridgehead atoms. The lowest BCUT2D eigenvalue weighted by Gasteiger charge is -2.35. The SMILES string of the molecule is Nc1nc(C2CCCCN2C(=O)CO)cc(C(F)(F)F)n1. The third-order valence-electron chi connectivity index (χ3n) is 3.35. The van der Waals surface area contributed by atoms with Gasteiger partial charge < -0.3 is 15.7 Å². The molecule has 6 nitrogen and oxygen atoms in total. The number of nitrogen functional groups attached to an aromatic ring is 1. The number of piperidine rings is 1. The molecule has 3 N–H and O–H groups in total. The minimum atomic E-state index is -4.63. The van der Waals surface area contributed by atoms with Crippen LogP contribution in [0.5, 0.6) is 0 Å². The number of halogens is 3. The van der Waals surface area contributed by atoms with Gasteiger partial charge in [-0.05, 0) is 25.3 Å². The number of aliphatic hydroxyl groups is 1. The molecule has 1 saturated heterocycles. The number of aliphatic hydroxyl groups excluding tert-OH is 1. The second kappa shape index (κ2) is 5.84. The van der Waals surface area contributed by atoms with E-state index in [0.717, 1.165) is 18.9 Å². The third-order valence-corrected chi connectivity index (χ3v) is 3.35. The van der Waals surface area contributed by atoms with Gasteiger partial charge in [-0.15, -0.1) is 0 Å². The zero-order valence-electron chi connectivity index (χ0n) is 11.1. The van der Waals surface area contributed by atoms with Crippen LogP contribution in [0, 0.1) is 0 Å². The Morgan fingerprint density at radius 1 is 1.43 bits per heavy atom. The zero-order chi connectivity index (χ0) is 15.6. The molecule has 2 heterocycles. The summed E-state index contributed by atoms with van der Waals surface area (Å²) in [5.41, 5.74) is 4.26. The van der Waals surface area contributed by atoms with Crippen LogP contribution in [0.25, 0.3) is 0 Å². The number of hydrogen-bond acceptors (Lipinski definition) is 5. The molecular formula is C12H15F3N4O2. The predicted molar refractivity (Wildman–Crippen MR) is 66.8 cm³/mol. The fourth-order valence-corrected chi connectivity index (χ4v) is 2.43. The smallest absolute Gasteiger partial charge is 0.387 e. The fraction of sp³-hybridized carbons (Fsp3) is 0.583. The first-order chi connectivity index (χ1) is 9.82. The summed E-state index contributed by atoms with van der Waals surface area (Å²) >= 11 is 0. The lowest BCUT2D eigenvalue weighted by Crippen LogP contribution is -2.40. The van der Waals surface area contributed by atoms with Gasteiger partial charge in [-0.25, -0.2) is 9.97 Å². The minimum Gasteiger partial charge on any atom is -0.387 e. The van der Waals surface area contributed by atoms with E-state index in [1.54, 1.807) is 0 Å². The summed E-state index contributed by atoms with van der Waals surface area (Å²) in [5, 5.41) is 8.96. The normalized spacial score (nSPS) is 19.6. The van der Waals surface area contributed by atoms with Crippen molar-refractivity contribution in [2.24, 2.45) is 0 Å². The van der Waals surface area contributed by atoms with Gasteiger partial charge in [0.15, 0.2) is 0 Å². The Labute approximate surface area is 118 Å². The Morgan fingerprint density at radius 3 is 2.76 bits per heavy atom. The summed E-state index contributed by atoms with van der Waals surface area (Å²) in [4.78, 5) is 20.0. The monoisotopic (exact) mass is 304 g/mol. The molecule has 1 aliphatic heterocycles. The maximum atomic E-state index is 12.8. The van der Waals surface area contributed by atoms with Crippen molar-refractivity contribution in [3.8, 4) is 0 Å². The van der Waals surface area contributed by atoms with Gasteiger partial charge in [0.1, 0.15) is 12.3 Å². The van der Waals surface area contributed by atoms with Crippen molar-refractivity contribution in [2.45, 2.75) is 31.5 Å². The molecule has 0 spiro atoms. The molecule has 0 radical (unpaired) electrons. The average Bonchev–Trinajstić information content (AvgIpc) is 2.45. The van der Waals surface area contributed by atoms with Crippen LogP contribution >= 0.6 is 0 Å². The molecule has 9 heteroatoms. The van der Waals surface area contributed by atoms with Gasteiger partial charge >= 0.3 is 6.18 Å². The van der Waals surface area contributed by atoms with E-state index in [1.165, 1.54) is 4.90 Å². The van der Waals surface area contributed by atoms with Gasteiger partial charge in [0, 0.05) is 6.54 Å². The molecule has 21 heavy (non-hydrogen) atoms. The highest BCUT2D eigenvalue weighted by atomic mass is 19.4. The fourth-order valence-electron chi connectivity index (χ4n) is 2.43. The number of carbonyl (C=O) groups excluding carboxylic acids is 1. The van der Waals surface area contributed by atoms with Crippen molar-refractivity contribution >= 4 is 11.9 Å². The van der Waals surface area contributed by atoms with Crippen LogP contribution < -0.4 is 5.73 Å². The molecule has 1 amide bonds. The van der Waals surface area contributed by atoms with Crippen molar-refractivity contribution in [2.75, 3.05) is 18.9 Å². The molecular weight excluding hydrogens is 289 g/mol. The van der Waals surface area contributed by atoms with E-state index >= 15 is 0 Å². The van der Waals surface area contributed by atoms with Crippen LogP contribution in [0.15, 0.2) is 6.07 Å². The number of hydrogen-bond donors (Lipinski definition) is 2. The number of carbonyl (C=O) groups is 1. The molecule has 1 aromatic rings. The second-order valence-electron chi connectivity index (χ2n) is 4.79. The molecule has 0 aliphatic carbocycles. The number of rotatable bonds is 2. The van der Waals surface area contributed by atoms with E-state index in [2.05, 4.69) is 9.97 Å². The molecule has 0 saturated carbocycles. The van der Waals surface area contributed by atoms with E-state index in [4.69, 9.17) is 10.8 Å². The maximum Gasteiger partial charge on any atom is 0.433 e. The number of likely N-dealkylation sites (tertiary alicyclic amines) is 1. The van der Waals surface area contributed by atoms with Crippen molar-refractivity contribution in [1.82, 2.24) is 14.9 Å². The van der Waals surface area contributed by atoms with Crippen molar-refractivity contribution in [3.63, 3.8) is 0 Å². The van der Waals surface area contributed by atoms with Crippen LogP contribution in [0.4, 0.5) is 19.1 Å². The Balaban J connectivity index is 2.39. The van der Waals surface area contributed by atoms with E-state index in [0.29, 0.717) is 13.0 Å². The minimum absolute atomic E-state index is 0.0522. The number of amides is 1. The third kappa shape index (κ3) is 3.41. The van der Waals surface area contributed by atoms with Gasteiger partial charge in [-0.3, -0.25) is 4.79 Å². The van der Waals surface area contributed by atoms with E-state index in [9.17, 15) is 18.0 Å². The summed E-state index contributed by atoms with van der Waals surface area (Å²) in [7, 11) is 0. The van der Waals surface area contributed by atoms with Gasteiger partial charge in [0.05, 0.1) is 11.7 Å². The maximum absolute atomic E-state index is 12.8. The molecule has 1 aromatic heterocycles. The summed E-state index contributed by atoms with van der Waals surface area (Å²) in [5.74, 6) is -1.02. The molecule has 1 fully saturated rings. The van der Waals surface area contributed by atoms with Crippen molar-refractivity contribution in [1.29, 1.82) is 0 Å². The van der Waals surface area contributed by atoms with Crippen molar-refractivity contribution in [3.05, 3.63) is 17.5 Å². The number of alkyl halides is 3. The Kier molecular flexibility index (Phi) is 4.31. The van der Waals surface area contributed by atoms with Crippen LogP contribution in [-0.2, 0) is 11.0 Å². The molecule has 1 atom stereocenters. The average molecular weight is 304 g/mol. The van der Waals surface area contributed by atoms with E-state index < -0.39 is 36.4 Å². The second-order valence-corrected chi connectivity index (χ2v) is 4.79. The summed E-state index contributed by atoms with van der Waals surface area (Å²) < 4.78 is 38.3. The van der Waals surface area contributed by atoms with Crippen LogP contribution in [-0.4, -0.2) is 39.0 Å².